The van der Waals surface area contributed by atoms with Crippen molar-refractivity contribution in [2.24, 2.45) is 0 Å². The first-order chi connectivity index (χ1) is 17.4. The highest BCUT2D eigenvalue weighted by atomic mass is 35.5. The van der Waals surface area contributed by atoms with Crippen LogP contribution in [0.3, 0.4) is 0 Å². The minimum Gasteiger partial charge on any atom is -0.493 e. The Labute approximate surface area is 224 Å². The molecule has 0 saturated carbocycles. The van der Waals surface area contributed by atoms with Crippen molar-refractivity contribution in [1.29, 1.82) is 0 Å². The van der Waals surface area contributed by atoms with Gasteiger partial charge >= 0.3 is 0 Å². The van der Waals surface area contributed by atoms with E-state index in [2.05, 4.69) is 12.2 Å². The molecule has 3 aromatic carbocycles. The van der Waals surface area contributed by atoms with Crippen LogP contribution in [0.25, 0.3) is 6.08 Å². The summed E-state index contributed by atoms with van der Waals surface area (Å²) in [6, 6.07) is 19.8. The standard InChI is InChI=1S/C27H23ClN2O4S2/c1-3-17-4-11-21(12-5-17)30-26(32)24(36-27(30)35)15-18-6-13-22(23(14-18)33-2)34-16-25(31)29-20-9-7-19(28)8-10-20/h4-15H,3,16H2,1-2H3,(H,29,31)/b24-15-. The predicted octanol–water partition coefficient (Wildman–Crippen LogP) is 6.33. The van der Waals surface area contributed by atoms with Crippen LogP contribution < -0.4 is 19.7 Å². The number of methoxy groups -OCH3 is 1. The molecule has 1 fully saturated rings. The zero-order chi connectivity index (χ0) is 25.7. The van der Waals surface area contributed by atoms with Crippen molar-refractivity contribution in [1.82, 2.24) is 0 Å². The van der Waals surface area contributed by atoms with Crippen LogP contribution in [0.15, 0.2) is 71.6 Å². The van der Waals surface area contributed by atoms with Gasteiger partial charge in [-0.1, -0.05) is 60.7 Å². The van der Waals surface area contributed by atoms with Gasteiger partial charge in [0.05, 0.1) is 17.7 Å². The lowest BCUT2D eigenvalue weighted by molar-refractivity contribution is -0.118. The zero-order valence-electron chi connectivity index (χ0n) is 19.6. The summed E-state index contributed by atoms with van der Waals surface area (Å²) >= 11 is 12.6. The van der Waals surface area contributed by atoms with Gasteiger partial charge in [0, 0.05) is 10.7 Å². The van der Waals surface area contributed by atoms with Crippen LogP contribution in [-0.4, -0.2) is 29.9 Å². The summed E-state index contributed by atoms with van der Waals surface area (Å²) < 4.78 is 11.6. The van der Waals surface area contributed by atoms with E-state index in [1.54, 1.807) is 53.4 Å². The molecule has 4 rings (SSSR count). The van der Waals surface area contributed by atoms with E-state index in [0.29, 0.717) is 31.4 Å². The van der Waals surface area contributed by atoms with E-state index >= 15 is 0 Å². The van der Waals surface area contributed by atoms with Gasteiger partial charge in [-0.05, 0) is 72.2 Å². The molecule has 0 aliphatic carbocycles. The number of carbonyl (C=O) groups excluding carboxylic acids is 2. The molecule has 3 aromatic rings. The maximum absolute atomic E-state index is 13.1. The van der Waals surface area contributed by atoms with Gasteiger partial charge in [-0.2, -0.15) is 0 Å². The van der Waals surface area contributed by atoms with Crippen molar-refractivity contribution >= 4 is 69.2 Å². The highest BCUT2D eigenvalue weighted by molar-refractivity contribution is 8.27. The van der Waals surface area contributed by atoms with E-state index in [-0.39, 0.29) is 18.4 Å². The third-order valence-corrected chi connectivity index (χ3v) is 6.92. The molecule has 2 amide bonds. The van der Waals surface area contributed by atoms with E-state index in [1.807, 2.05) is 24.3 Å². The Morgan fingerprint density at radius 2 is 1.81 bits per heavy atom. The lowest BCUT2D eigenvalue weighted by atomic mass is 10.1. The number of carbonyl (C=O) groups is 2. The van der Waals surface area contributed by atoms with Gasteiger partial charge in [0.25, 0.3) is 11.8 Å². The molecular formula is C27H23ClN2O4S2. The van der Waals surface area contributed by atoms with Gasteiger partial charge in [0.2, 0.25) is 0 Å². The Morgan fingerprint density at radius 3 is 2.47 bits per heavy atom. The smallest absolute Gasteiger partial charge is 0.270 e. The number of benzene rings is 3. The Kier molecular flexibility index (Phi) is 8.30. The van der Waals surface area contributed by atoms with E-state index in [1.165, 1.54) is 24.4 Å². The molecule has 1 aliphatic heterocycles. The summed E-state index contributed by atoms with van der Waals surface area (Å²) in [5.41, 5.74) is 3.30. The van der Waals surface area contributed by atoms with Gasteiger partial charge in [0.1, 0.15) is 0 Å². The molecule has 1 N–H and O–H groups in total. The third-order valence-electron chi connectivity index (χ3n) is 5.37. The average Bonchev–Trinajstić information content (AvgIpc) is 3.16. The van der Waals surface area contributed by atoms with Gasteiger partial charge in [-0.3, -0.25) is 14.5 Å². The Balaban J connectivity index is 1.44. The molecule has 1 heterocycles. The maximum atomic E-state index is 13.1. The number of hydrogen-bond acceptors (Lipinski definition) is 6. The second-order valence-corrected chi connectivity index (χ2v) is 9.90. The number of rotatable bonds is 8. The quantitative estimate of drug-likeness (QED) is 0.267. The van der Waals surface area contributed by atoms with E-state index in [4.69, 9.17) is 33.3 Å². The molecule has 1 aliphatic rings. The summed E-state index contributed by atoms with van der Waals surface area (Å²) in [4.78, 5) is 27.4. The SMILES string of the molecule is CCc1ccc(N2C(=O)/C(=C/c3ccc(OCC(=O)Nc4ccc(Cl)cc4)c(OC)c3)SC2=S)cc1. The molecule has 36 heavy (non-hydrogen) atoms. The molecule has 184 valence electrons. The first-order valence-corrected chi connectivity index (χ1v) is 12.7. The van der Waals surface area contributed by atoms with E-state index in [9.17, 15) is 9.59 Å². The summed E-state index contributed by atoms with van der Waals surface area (Å²) in [6.07, 6.45) is 2.69. The van der Waals surface area contributed by atoms with E-state index < -0.39 is 0 Å². The second-order valence-electron chi connectivity index (χ2n) is 7.79. The molecule has 0 unspecified atom stereocenters. The topological polar surface area (TPSA) is 67.9 Å². The Morgan fingerprint density at radius 1 is 1.08 bits per heavy atom. The molecule has 0 aromatic heterocycles. The van der Waals surface area contributed by atoms with Crippen molar-refractivity contribution in [2.45, 2.75) is 13.3 Å². The Hall–Kier alpha value is -3.33. The van der Waals surface area contributed by atoms with Crippen LogP contribution in [0.1, 0.15) is 18.1 Å². The summed E-state index contributed by atoms with van der Waals surface area (Å²) in [5.74, 6) is 0.352. The first kappa shape index (κ1) is 25.8. The van der Waals surface area contributed by atoms with Crippen LogP contribution in [0, 0.1) is 0 Å². The summed E-state index contributed by atoms with van der Waals surface area (Å²) in [7, 11) is 1.51. The molecular weight excluding hydrogens is 516 g/mol. The van der Waals surface area contributed by atoms with Crippen LogP contribution in [0.2, 0.25) is 5.02 Å². The summed E-state index contributed by atoms with van der Waals surface area (Å²) in [6.45, 7) is 1.88. The average molecular weight is 539 g/mol. The number of anilines is 2. The maximum Gasteiger partial charge on any atom is 0.270 e. The predicted molar refractivity (Wildman–Crippen MR) is 150 cm³/mol. The molecule has 1 saturated heterocycles. The number of aryl methyl sites for hydroxylation is 1. The number of thioether (sulfide) groups is 1. The van der Waals surface area contributed by atoms with Crippen molar-refractivity contribution in [2.75, 3.05) is 23.9 Å². The van der Waals surface area contributed by atoms with Crippen molar-refractivity contribution in [3.8, 4) is 11.5 Å². The van der Waals surface area contributed by atoms with Gasteiger partial charge < -0.3 is 14.8 Å². The monoisotopic (exact) mass is 538 g/mol. The number of halogens is 1. The highest BCUT2D eigenvalue weighted by Gasteiger charge is 2.33. The van der Waals surface area contributed by atoms with E-state index in [0.717, 1.165) is 17.7 Å². The van der Waals surface area contributed by atoms with Gasteiger partial charge in [-0.15, -0.1) is 0 Å². The van der Waals surface area contributed by atoms with Crippen molar-refractivity contribution < 1.29 is 19.1 Å². The molecule has 6 nitrogen and oxygen atoms in total. The third kappa shape index (κ3) is 6.07. The number of nitrogens with zero attached hydrogens (tertiary/aromatic N) is 1. The second kappa shape index (κ2) is 11.6. The molecule has 0 bridgehead atoms. The molecule has 0 spiro atoms. The van der Waals surface area contributed by atoms with Crippen LogP contribution >= 0.6 is 35.6 Å². The van der Waals surface area contributed by atoms with Crippen molar-refractivity contribution in [3.05, 3.63) is 87.8 Å². The summed E-state index contributed by atoms with van der Waals surface area (Å²) in [5, 5.41) is 3.32. The molecule has 0 atom stereocenters. The minimum absolute atomic E-state index is 0.174. The van der Waals surface area contributed by atoms with Gasteiger partial charge in [-0.25, -0.2) is 0 Å². The minimum atomic E-state index is -0.320. The number of amides is 2. The molecule has 0 radical (unpaired) electrons. The first-order valence-electron chi connectivity index (χ1n) is 11.1. The van der Waals surface area contributed by atoms with Crippen LogP contribution in [0.5, 0.6) is 11.5 Å². The highest BCUT2D eigenvalue weighted by Crippen LogP contribution is 2.37. The largest absolute Gasteiger partial charge is 0.493 e. The van der Waals surface area contributed by atoms with Crippen LogP contribution in [-0.2, 0) is 16.0 Å². The lowest BCUT2D eigenvalue weighted by Crippen LogP contribution is -2.27. The number of ether oxygens (including phenoxy) is 2. The zero-order valence-corrected chi connectivity index (χ0v) is 22.0. The number of hydrogen-bond donors (Lipinski definition) is 1. The van der Waals surface area contributed by atoms with Crippen molar-refractivity contribution in [3.63, 3.8) is 0 Å². The molecule has 9 heteroatoms. The Bertz CT molecular complexity index is 1320. The lowest BCUT2D eigenvalue weighted by Gasteiger charge is -2.14. The fraction of sp³-hybridized carbons (Fsp3) is 0.148. The fourth-order valence-electron chi connectivity index (χ4n) is 3.49. The fourth-order valence-corrected chi connectivity index (χ4v) is 4.91. The number of nitrogens with one attached hydrogen (secondary N) is 1. The van der Waals surface area contributed by atoms with Crippen LogP contribution in [0.4, 0.5) is 11.4 Å². The number of thiocarbonyl (C=S) groups is 1. The van der Waals surface area contributed by atoms with Gasteiger partial charge in [0.15, 0.2) is 22.4 Å². The normalized spacial score (nSPS) is 14.3.